The average molecular weight is 1020 g/mol. The van der Waals surface area contributed by atoms with Crippen LogP contribution in [0.3, 0.4) is 0 Å². The van der Waals surface area contributed by atoms with Gasteiger partial charge in [0.2, 0.25) is 0 Å². The van der Waals surface area contributed by atoms with Crippen LogP contribution in [-0.4, -0.2) is 9.13 Å². The van der Waals surface area contributed by atoms with E-state index < -0.39 is 0 Å². The van der Waals surface area contributed by atoms with Gasteiger partial charge in [0.25, 0.3) is 0 Å². The highest BCUT2D eigenvalue weighted by atomic mass is 32.1. The van der Waals surface area contributed by atoms with Gasteiger partial charge in [0.1, 0.15) is 11.2 Å². The van der Waals surface area contributed by atoms with Crippen molar-refractivity contribution >= 4 is 131 Å². The highest BCUT2D eigenvalue weighted by Crippen LogP contribution is 2.47. The van der Waals surface area contributed by atoms with Crippen molar-refractivity contribution < 1.29 is 4.42 Å². The first-order valence-corrected chi connectivity index (χ1v) is 27.3. The van der Waals surface area contributed by atoms with Crippen LogP contribution in [0.1, 0.15) is 0 Å². The minimum atomic E-state index is 0.900. The van der Waals surface area contributed by atoms with E-state index in [9.17, 15) is 0 Å². The summed E-state index contributed by atoms with van der Waals surface area (Å²) in [5, 5.41) is 9.35. The molecular formula is C72H46N4OS. The molecule has 0 unspecified atom stereocenters. The second-order valence-corrected chi connectivity index (χ2v) is 21.1. The van der Waals surface area contributed by atoms with E-state index in [1.165, 1.54) is 25.6 Å². The normalized spacial score (nSPS) is 11.8. The lowest BCUT2D eigenvalue weighted by molar-refractivity contribution is 0.677. The molecule has 366 valence electrons. The van der Waals surface area contributed by atoms with Gasteiger partial charge in [-0.05, 0) is 151 Å². The molecule has 0 bridgehead atoms. The lowest BCUT2D eigenvalue weighted by Gasteiger charge is -2.30. The summed E-state index contributed by atoms with van der Waals surface area (Å²) in [6.45, 7) is 0. The first-order chi connectivity index (χ1) is 38.7. The molecule has 0 spiro atoms. The number of nitrogens with zero attached hydrogens (tertiary/aromatic N) is 4. The van der Waals surface area contributed by atoms with E-state index in [0.717, 1.165) is 117 Å². The van der Waals surface area contributed by atoms with Gasteiger partial charge >= 0.3 is 0 Å². The Bertz CT molecular complexity index is 4780. The largest absolute Gasteiger partial charge is 0.455 e. The van der Waals surface area contributed by atoms with Crippen LogP contribution < -0.4 is 9.80 Å². The molecule has 16 aromatic rings. The molecule has 5 nitrogen and oxygen atoms in total. The fraction of sp³-hybridized carbons (Fsp3) is 0. The maximum absolute atomic E-state index is 7.34. The fourth-order valence-electron chi connectivity index (χ4n) is 12.2. The third-order valence-corrected chi connectivity index (χ3v) is 16.8. The number of rotatable bonds is 9. The predicted octanol–water partition coefficient (Wildman–Crippen LogP) is 20.8. The van der Waals surface area contributed by atoms with Crippen molar-refractivity contribution in [1.82, 2.24) is 9.13 Å². The third kappa shape index (κ3) is 6.94. The van der Waals surface area contributed by atoms with Crippen molar-refractivity contribution in [3.63, 3.8) is 0 Å². The number of fused-ring (bicyclic) bond motifs is 14. The molecule has 0 radical (unpaired) electrons. The zero-order valence-electron chi connectivity index (χ0n) is 42.2. The lowest BCUT2D eigenvalue weighted by Crippen LogP contribution is -2.13. The molecular weight excluding hydrogens is 969 g/mol. The smallest absolute Gasteiger partial charge is 0.145 e. The van der Waals surface area contributed by atoms with Crippen molar-refractivity contribution in [2.45, 2.75) is 0 Å². The number of hydrogen-bond acceptors (Lipinski definition) is 4. The molecule has 16 rings (SSSR count). The Kier molecular flexibility index (Phi) is 10.0. The SMILES string of the molecule is c1ccc(N(c2ccccc2)c2cc(-c3ccc(-n4c5ccccc5c5c6oc7c(ccc8c7c7ccccc7n8-c7ccc8sc9ccccc9c8c7)c6ccc54)cc3)cc(N(c3ccccc3)c3ccccc3)c2)cc1. The quantitative estimate of drug-likeness (QED) is 0.144. The molecule has 0 atom stereocenters. The molecule has 0 fully saturated rings. The zero-order valence-corrected chi connectivity index (χ0v) is 43.0. The van der Waals surface area contributed by atoms with E-state index in [2.05, 4.69) is 298 Å². The Labute approximate surface area is 453 Å². The maximum Gasteiger partial charge on any atom is 0.145 e. The Hall–Kier alpha value is -10.1. The molecule has 0 N–H and O–H groups in total. The van der Waals surface area contributed by atoms with E-state index in [1.807, 2.05) is 11.3 Å². The van der Waals surface area contributed by atoms with E-state index in [0.29, 0.717) is 0 Å². The number of thiophene rings is 1. The fourth-order valence-corrected chi connectivity index (χ4v) is 13.3. The Morgan fingerprint density at radius 1 is 0.269 bits per heavy atom. The van der Waals surface area contributed by atoms with Gasteiger partial charge in [-0.25, -0.2) is 0 Å². The summed E-state index contributed by atoms with van der Waals surface area (Å²) < 4.78 is 14.8. The summed E-state index contributed by atoms with van der Waals surface area (Å²) in [5.41, 5.74) is 17.1. The molecule has 0 aliphatic heterocycles. The van der Waals surface area contributed by atoms with Crippen LogP contribution in [0.2, 0.25) is 0 Å². The third-order valence-electron chi connectivity index (χ3n) is 15.6. The average Bonchev–Trinajstić information content (AvgIpc) is 4.46. The van der Waals surface area contributed by atoms with Crippen molar-refractivity contribution in [3.05, 3.63) is 279 Å². The van der Waals surface area contributed by atoms with Gasteiger partial charge in [0.15, 0.2) is 0 Å². The van der Waals surface area contributed by atoms with Gasteiger partial charge in [-0.1, -0.05) is 140 Å². The standard InChI is InChI=1S/C72H46N4OS/c1-5-19-49(20-6-1)73(50-21-7-2-8-22-50)55-43-48(44-56(45-55)74(51-23-9-3-10-24-51)52-25-11-4-12-26-52)47-33-35-53(36-34-47)75-63-30-16-13-28-60(63)69-65(75)40-38-58-59-39-41-66-70(72(59)77-71(58)69)61-29-14-17-31-64(61)76(66)54-37-42-68-62(46-54)57-27-15-18-32-67(57)78-68/h1-46H. The van der Waals surface area contributed by atoms with Gasteiger partial charge in [0, 0.05) is 87.2 Å². The van der Waals surface area contributed by atoms with Crippen LogP contribution in [0.25, 0.3) is 108 Å². The van der Waals surface area contributed by atoms with E-state index in [-0.39, 0.29) is 0 Å². The molecule has 0 saturated heterocycles. The number of anilines is 6. The number of hydrogen-bond donors (Lipinski definition) is 0. The monoisotopic (exact) mass is 1010 g/mol. The second-order valence-electron chi connectivity index (χ2n) is 20.1. The molecule has 0 amide bonds. The molecule has 12 aromatic carbocycles. The molecule has 78 heavy (non-hydrogen) atoms. The van der Waals surface area contributed by atoms with Crippen LogP contribution in [0, 0.1) is 0 Å². The minimum absolute atomic E-state index is 0.900. The lowest BCUT2D eigenvalue weighted by atomic mass is 10.0. The van der Waals surface area contributed by atoms with E-state index in [4.69, 9.17) is 4.42 Å². The molecule has 0 aliphatic rings. The van der Waals surface area contributed by atoms with Gasteiger partial charge < -0.3 is 23.4 Å². The number of furan rings is 1. The summed E-state index contributed by atoms with van der Waals surface area (Å²) >= 11 is 1.85. The first kappa shape index (κ1) is 44.2. The van der Waals surface area contributed by atoms with Crippen molar-refractivity contribution in [2.24, 2.45) is 0 Å². The predicted molar refractivity (Wildman–Crippen MR) is 330 cm³/mol. The Balaban J connectivity index is 0.859. The summed E-state index contributed by atoms with van der Waals surface area (Å²) in [5.74, 6) is 0. The van der Waals surface area contributed by atoms with Gasteiger partial charge in [-0.15, -0.1) is 11.3 Å². The highest BCUT2D eigenvalue weighted by molar-refractivity contribution is 7.25. The van der Waals surface area contributed by atoms with Crippen LogP contribution in [0.15, 0.2) is 283 Å². The summed E-state index contributed by atoms with van der Waals surface area (Å²) in [6.07, 6.45) is 0. The molecule has 6 heteroatoms. The molecule has 0 saturated carbocycles. The minimum Gasteiger partial charge on any atom is -0.455 e. The van der Waals surface area contributed by atoms with Crippen LogP contribution in [-0.2, 0) is 0 Å². The Morgan fingerprint density at radius 2 is 0.692 bits per heavy atom. The first-order valence-electron chi connectivity index (χ1n) is 26.5. The van der Waals surface area contributed by atoms with Crippen molar-refractivity contribution in [3.8, 4) is 22.5 Å². The van der Waals surface area contributed by atoms with Crippen LogP contribution in [0.4, 0.5) is 34.1 Å². The summed E-state index contributed by atoms with van der Waals surface area (Å²) in [4.78, 5) is 4.70. The van der Waals surface area contributed by atoms with Gasteiger partial charge in [-0.3, -0.25) is 0 Å². The number of aromatic nitrogens is 2. The highest BCUT2D eigenvalue weighted by Gasteiger charge is 2.24. The maximum atomic E-state index is 7.34. The second kappa shape index (κ2) is 17.7. The zero-order chi connectivity index (χ0) is 51.3. The van der Waals surface area contributed by atoms with Gasteiger partial charge in [-0.2, -0.15) is 0 Å². The van der Waals surface area contributed by atoms with Crippen LogP contribution >= 0.6 is 11.3 Å². The summed E-state index contributed by atoms with van der Waals surface area (Å²) in [6, 6.07) is 101. The number of benzene rings is 12. The van der Waals surface area contributed by atoms with E-state index in [1.54, 1.807) is 0 Å². The van der Waals surface area contributed by atoms with Crippen molar-refractivity contribution in [1.29, 1.82) is 0 Å². The molecule has 4 heterocycles. The Morgan fingerprint density at radius 3 is 1.21 bits per heavy atom. The van der Waals surface area contributed by atoms with E-state index >= 15 is 0 Å². The van der Waals surface area contributed by atoms with Crippen LogP contribution in [0.5, 0.6) is 0 Å². The van der Waals surface area contributed by atoms with Gasteiger partial charge in [0.05, 0.1) is 32.8 Å². The molecule has 4 aromatic heterocycles. The number of para-hydroxylation sites is 6. The topological polar surface area (TPSA) is 29.5 Å². The molecule has 0 aliphatic carbocycles. The summed E-state index contributed by atoms with van der Waals surface area (Å²) in [7, 11) is 0. The van der Waals surface area contributed by atoms with Crippen molar-refractivity contribution in [2.75, 3.05) is 9.80 Å².